The molecule has 1 rings (SSSR count). The van der Waals surface area contributed by atoms with Crippen LogP contribution in [0.4, 0.5) is 0 Å². The van der Waals surface area contributed by atoms with Gasteiger partial charge in [-0.2, -0.15) is 0 Å². The number of benzene rings is 1. The Balaban J connectivity index is 2.62. The molecule has 6 heteroatoms. The maximum absolute atomic E-state index is 11.0. The van der Waals surface area contributed by atoms with E-state index in [-0.39, 0.29) is 6.61 Å². The van der Waals surface area contributed by atoms with Crippen LogP contribution in [0.25, 0.3) is 0 Å². The molecule has 0 aliphatic rings. The molecule has 2 N–H and O–H groups in total. The van der Waals surface area contributed by atoms with Crippen LogP contribution in [0.5, 0.6) is 5.75 Å². The largest absolute Gasteiger partial charge is 0.482 e. The number of carbonyl (C=O) groups excluding carboxylic acids is 1. The maximum atomic E-state index is 11.0. The highest BCUT2D eigenvalue weighted by atomic mass is 16.6. The second kappa shape index (κ2) is 9.63. The fourth-order valence-electron chi connectivity index (χ4n) is 1.61. The van der Waals surface area contributed by atoms with E-state index in [9.17, 15) is 4.79 Å². The average Bonchev–Trinajstić information content (AvgIpc) is 2.51. The highest BCUT2D eigenvalue weighted by Crippen LogP contribution is 2.14. The van der Waals surface area contributed by atoms with Gasteiger partial charge in [-0.1, -0.05) is 12.1 Å². The van der Waals surface area contributed by atoms with Crippen molar-refractivity contribution in [2.75, 3.05) is 26.8 Å². The van der Waals surface area contributed by atoms with Crippen molar-refractivity contribution >= 4 is 11.9 Å². The number of rotatable bonds is 7. The first kappa shape index (κ1) is 16.8. The SMILES string of the molecule is CCNC(=NCc1cccc(OCC(=O)OC)c1)NCC. The fraction of sp³-hybridized carbons (Fsp3) is 0.467. The minimum Gasteiger partial charge on any atom is -0.482 e. The minimum absolute atomic E-state index is 0.0940. The lowest BCUT2D eigenvalue weighted by Gasteiger charge is -2.09. The lowest BCUT2D eigenvalue weighted by atomic mass is 10.2. The van der Waals surface area contributed by atoms with E-state index in [2.05, 4.69) is 20.4 Å². The molecule has 0 amide bonds. The summed E-state index contributed by atoms with van der Waals surface area (Å²) in [6.07, 6.45) is 0. The van der Waals surface area contributed by atoms with Crippen LogP contribution in [-0.2, 0) is 16.1 Å². The van der Waals surface area contributed by atoms with Gasteiger partial charge in [-0.05, 0) is 31.5 Å². The molecule has 0 saturated heterocycles. The van der Waals surface area contributed by atoms with E-state index in [1.165, 1.54) is 7.11 Å². The predicted octanol–water partition coefficient (Wildman–Crippen LogP) is 1.31. The van der Waals surface area contributed by atoms with Crippen LogP contribution in [-0.4, -0.2) is 38.7 Å². The lowest BCUT2D eigenvalue weighted by molar-refractivity contribution is -0.142. The molecule has 0 heterocycles. The molecule has 6 nitrogen and oxygen atoms in total. The summed E-state index contributed by atoms with van der Waals surface area (Å²) in [4.78, 5) is 15.5. The number of aliphatic imine (C=N–C) groups is 1. The Morgan fingerprint density at radius 3 is 2.57 bits per heavy atom. The van der Waals surface area contributed by atoms with Gasteiger partial charge >= 0.3 is 5.97 Å². The van der Waals surface area contributed by atoms with Gasteiger partial charge in [0.2, 0.25) is 0 Å². The number of carbonyl (C=O) groups is 1. The van der Waals surface area contributed by atoms with Crippen molar-refractivity contribution in [2.45, 2.75) is 20.4 Å². The van der Waals surface area contributed by atoms with E-state index in [0.29, 0.717) is 12.3 Å². The number of nitrogens with one attached hydrogen (secondary N) is 2. The summed E-state index contributed by atoms with van der Waals surface area (Å²) < 4.78 is 9.88. The van der Waals surface area contributed by atoms with Crippen molar-refractivity contribution in [3.8, 4) is 5.75 Å². The summed E-state index contributed by atoms with van der Waals surface area (Å²) in [6, 6.07) is 7.50. The monoisotopic (exact) mass is 293 g/mol. The fourth-order valence-corrected chi connectivity index (χ4v) is 1.61. The smallest absolute Gasteiger partial charge is 0.343 e. The van der Waals surface area contributed by atoms with Gasteiger partial charge in [-0.3, -0.25) is 0 Å². The van der Waals surface area contributed by atoms with Gasteiger partial charge in [-0.25, -0.2) is 9.79 Å². The predicted molar refractivity (Wildman–Crippen MR) is 82.4 cm³/mol. The number of ether oxygens (including phenoxy) is 2. The molecule has 21 heavy (non-hydrogen) atoms. The summed E-state index contributed by atoms with van der Waals surface area (Å²) in [6.45, 7) is 6.11. The third kappa shape index (κ3) is 6.65. The molecule has 0 spiro atoms. The van der Waals surface area contributed by atoms with Crippen LogP contribution in [0.2, 0.25) is 0 Å². The van der Waals surface area contributed by atoms with Crippen LogP contribution < -0.4 is 15.4 Å². The molecule has 0 aliphatic carbocycles. The molecule has 0 fully saturated rings. The van der Waals surface area contributed by atoms with Gasteiger partial charge in [0.15, 0.2) is 12.6 Å². The molecule has 0 saturated carbocycles. The normalized spacial score (nSPS) is 9.67. The van der Waals surface area contributed by atoms with E-state index in [4.69, 9.17) is 4.74 Å². The Labute approximate surface area is 125 Å². The first-order chi connectivity index (χ1) is 10.2. The highest BCUT2D eigenvalue weighted by molar-refractivity contribution is 5.79. The molecule has 1 aromatic carbocycles. The van der Waals surface area contributed by atoms with Gasteiger partial charge in [0.05, 0.1) is 13.7 Å². The molecule has 0 bridgehead atoms. The second-order valence-electron chi connectivity index (χ2n) is 4.24. The summed E-state index contributed by atoms with van der Waals surface area (Å²) in [7, 11) is 1.33. The number of methoxy groups -OCH3 is 1. The first-order valence-corrected chi connectivity index (χ1v) is 7.00. The van der Waals surface area contributed by atoms with E-state index in [1.54, 1.807) is 6.07 Å². The molecule has 1 aromatic rings. The average molecular weight is 293 g/mol. The molecule has 0 atom stereocenters. The van der Waals surface area contributed by atoms with Gasteiger partial charge in [0.1, 0.15) is 5.75 Å². The first-order valence-electron chi connectivity index (χ1n) is 7.00. The summed E-state index contributed by atoms with van der Waals surface area (Å²) >= 11 is 0. The van der Waals surface area contributed by atoms with Crippen LogP contribution in [0, 0.1) is 0 Å². The van der Waals surface area contributed by atoms with Gasteiger partial charge in [-0.15, -0.1) is 0 Å². The molecule has 0 radical (unpaired) electrons. The quantitative estimate of drug-likeness (QED) is 0.450. The summed E-state index contributed by atoms with van der Waals surface area (Å²) in [5.74, 6) is 1.00. The Hall–Kier alpha value is -2.24. The maximum Gasteiger partial charge on any atom is 0.343 e. The van der Waals surface area contributed by atoms with Crippen LogP contribution in [0.1, 0.15) is 19.4 Å². The van der Waals surface area contributed by atoms with E-state index < -0.39 is 5.97 Å². The van der Waals surface area contributed by atoms with Gasteiger partial charge in [0.25, 0.3) is 0 Å². The Morgan fingerprint density at radius 2 is 1.95 bits per heavy atom. The van der Waals surface area contributed by atoms with Crippen LogP contribution >= 0.6 is 0 Å². The van der Waals surface area contributed by atoms with E-state index in [1.807, 2.05) is 32.0 Å². The Kier molecular flexibility index (Phi) is 7.71. The number of hydrogen-bond acceptors (Lipinski definition) is 4. The van der Waals surface area contributed by atoms with Crippen LogP contribution in [0.15, 0.2) is 29.3 Å². The van der Waals surface area contributed by atoms with Crippen molar-refractivity contribution in [1.29, 1.82) is 0 Å². The Bertz CT molecular complexity index is 467. The molecule has 116 valence electrons. The molecule has 0 unspecified atom stereocenters. The summed E-state index contributed by atoms with van der Waals surface area (Å²) in [5, 5.41) is 6.33. The van der Waals surface area contributed by atoms with Gasteiger partial charge < -0.3 is 20.1 Å². The Morgan fingerprint density at radius 1 is 1.24 bits per heavy atom. The third-order valence-corrected chi connectivity index (χ3v) is 2.59. The zero-order chi connectivity index (χ0) is 15.5. The summed E-state index contributed by atoms with van der Waals surface area (Å²) in [5.41, 5.74) is 1.01. The third-order valence-electron chi connectivity index (χ3n) is 2.59. The second-order valence-corrected chi connectivity index (χ2v) is 4.24. The van der Waals surface area contributed by atoms with E-state index >= 15 is 0 Å². The molecule has 0 aromatic heterocycles. The number of hydrogen-bond donors (Lipinski definition) is 2. The zero-order valence-electron chi connectivity index (χ0n) is 12.8. The van der Waals surface area contributed by atoms with Crippen molar-refractivity contribution in [3.05, 3.63) is 29.8 Å². The van der Waals surface area contributed by atoms with Gasteiger partial charge in [0, 0.05) is 13.1 Å². The minimum atomic E-state index is -0.403. The van der Waals surface area contributed by atoms with Crippen molar-refractivity contribution in [2.24, 2.45) is 4.99 Å². The molecule has 0 aliphatic heterocycles. The zero-order valence-corrected chi connectivity index (χ0v) is 12.8. The number of guanidine groups is 1. The van der Waals surface area contributed by atoms with Crippen molar-refractivity contribution in [3.63, 3.8) is 0 Å². The standard InChI is InChI=1S/C15H23N3O3/c1-4-16-15(17-5-2)18-10-12-7-6-8-13(9-12)21-11-14(19)20-3/h6-9H,4-5,10-11H2,1-3H3,(H2,16,17,18). The van der Waals surface area contributed by atoms with Crippen molar-refractivity contribution < 1.29 is 14.3 Å². The number of nitrogens with zero attached hydrogens (tertiary/aromatic N) is 1. The molecular weight excluding hydrogens is 270 g/mol. The topological polar surface area (TPSA) is 72.0 Å². The van der Waals surface area contributed by atoms with Crippen molar-refractivity contribution in [1.82, 2.24) is 10.6 Å². The van der Waals surface area contributed by atoms with Crippen LogP contribution in [0.3, 0.4) is 0 Å². The number of esters is 1. The lowest BCUT2D eigenvalue weighted by Crippen LogP contribution is -2.36. The molecular formula is C15H23N3O3. The van der Waals surface area contributed by atoms with E-state index in [0.717, 1.165) is 24.6 Å². The highest BCUT2D eigenvalue weighted by Gasteiger charge is 2.02.